The number of aryl methyl sites for hydroxylation is 2. The maximum atomic E-state index is 2.58. The first-order chi connectivity index (χ1) is 23.1. The van der Waals surface area contributed by atoms with E-state index in [0.717, 1.165) is 0 Å². The Bertz CT molecular complexity index is 2600. The molecule has 11 rings (SSSR count). The molecule has 0 N–H and O–H groups in total. The Morgan fingerprint density at radius 2 is 0.894 bits per heavy atom. The minimum atomic E-state index is -2.64. The maximum absolute atomic E-state index is 2.64. The molecule has 2 aliphatic rings. The molecular formula is C44H30N2Si. The third-order valence-corrected chi connectivity index (χ3v) is 15.9. The van der Waals surface area contributed by atoms with E-state index >= 15 is 0 Å². The Kier molecular flexibility index (Phi) is 4.77. The van der Waals surface area contributed by atoms with Crippen molar-refractivity contribution in [1.29, 1.82) is 0 Å². The number of nitrogens with zero attached hydrogens (tertiary/aromatic N) is 2. The normalized spacial score (nSPS) is 14.3. The zero-order valence-electron chi connectivity index (χ0n) is 26.3. The Balaban J connectivity index is 1.30. The van der Waals surface area contributed by atoms with E-state index in [0.29, 0.717) is 0 Å². The summed E-state index contributed by atoms with van der Waals surface area (Å²) in [6.45, 7) is 4.51. The van der Waals surface area contributed by atoms with Crippen molar-refractivity contribution in [3.63, 3.8) is 0 Å². The lowest BCUT2D eigenvalue weighted by Gasteiger charge is -2.44. The van der Waals surface area contributed by atoms with E-state index in [9.17, 15) is 0 Å². The van der Waals surface area contributed by atoms with E-state index in [4.69, 9.17) is 0 Å². The minimum Gasteiger partial charge on any atom is -0.311 e. The maximum Gasteiger partial charge on any atom is 0.185 e. The lowest BCUT2D eigenvalue weighted by molar-refractivity contribution is 1.28. The van der Waals surface area contributed by atoms with Crippen LogP contribution in [0.3, 0.4) is 0 Å². The number of aromatic nitrogens is 1. The highest BCUT2D eigenvalue weighted by atomic mass is 28.3. The van der Waals surface area contributed by atoms with E-state index in [1.807, 2.05) is 0 Å². The minimum absolute atomic E-state index is 1.21. The Labute approximate surface area is 274 Å². The fraction of sp³-hybridized carbons (Fsp3) is 0.0455. The van der Waals surface area contributed by atoms with Gasteiger partial charge in [-0.3, -0.25) is 0 Å². The van der Waals surface area contributed by atoms with Crippen LogP contribution in [0.5, 0.6) is 0 Å². The van der Waals surface area contributed by atoms with E-state index in [1.54, 1.807) is 0 Å². The summed E-state index contributed by atoms with van der Waals surface area (Å²) in [5.41, 5.74) is 13.0. The van der Waals surface area contributed by atoms with Crippen molar-refractivity contribution in [2.24, 2.45) is 0 Å². The van der Waals surface area contributed by atoms with Crippen molar-refractivity contribution < 1.29 is 0 Å². The monoisotopic (exact) mass is 614 g/mol. The van der Waals surface area contributed by atoms with Crippen LogP contribution < -0.4 is 25.6 Å². The first-order valence-electron chi connectivity index (χ1n) is 16.5. The van der Waals surface area contributed by atoms with E-state index in [2.05, 4.69) is 169 Å². The van der Waals surface area contributed by atoms with Crippen molar-refractivity contribution in [1.82, 2.24) is 4.40 Å². The van der Waals surface area contributed by atoms with Gasteiger partial charge < -0.3 is 9.30 Å². The number of anilines is 3. The van der Waals surface area contributed by atoms with Gasteiger partial charge in [-0.15, -0.1) is 0 Å². The summed E-state index contributed by atoms with van der Waals surface area (Å²) in [6, 6.07) is 55.6. The molecule has 0 radical (unpaired) electrons. The van der Waals surface area contributed by atoms with Crippen LogP contribution in [0.25, 0.3) is 49.2 Å². The van der Waals surface area contributed by atoms with Gasteiger partial charge in [0, 0.05) is 38.6 Å². The molecular weight excluding hydrogens is 585 g/mol. The second-order valence-corrected chi connectivity index (χ2v) is 17.1. The summed E-state index contributed by atoms with van der Waals surface area (Å²) in [7, 11) is -2.64. The molecule has 9 aromatic rings. The molecule has 220 valence electrons. The molecule has 0 atom stereocenters. The number of para-hydroxylation sites is 2. The molecule has 2 aromatic heterocycles. The number of hydrogen-bond donors (Lipinski definition) is 0. The second-order valence-electron chi connectivity index (χ2n) is 13.5. The van der Waals surface area contributed by atoms with Gasteiger partial charge in [-0.1, -0.05) is 120 Å². The summed E-state index contributed by atoms with van der Waals surface area (Å²) in [6.07, 6.45) is 0. The molecule has 4 heterocycles. The van der Waals surface area contributed by atoms with Crippen molar-refractivity contribution >= 4 is 84.0 Å². The van der Waals surface area contributed by atoms with Crippen LogP contribution in [-0.2, 0) is 0 Å². The average Bonchev–Trinajstić information content (AvgIpc) is 3.73. The van der Waals surface area contributed by atoms with Crippen molar-refractivity contribution in [2.45, 2.75) is 13.8 Å². The third kappa shape index (κ3) is 3.01. The van der Waals surface area contributed by atoms with Crippen molar-refractivity contribution in [3.05, 3.63) is 157 Å². The molecule has 2 nitrogen and oxygen atoms in total. The van der Waals surface area contributed by atoms with E-state index in [1.165, 1.54) is 98.2 Å². The van der Waals surface area contributed by atoms with Gasteiger partial charge in [-0.05, 0) is 82.1 Å². The quantitative estimate of drug-likeness (QED) is 0.168. The van der Waals surface area contributed by atoms with Crippen LogP contribution in [0.15, 0.2) is 146 Å². The first kappa shape index (κ1) is 25.5. The van der Waals surface area contributed by atoms with Crippen LogP contribution in [0.2, 0.25) is 0 Å². The molecule has 0 fully saturated rings. The average molecular weight is 615 g/mol. The lowest BCUT2D eigenvalue weighted by Crippen LogP contribution is -2.75. The SMILES string of the molecule is Cc1ccc2c(c1)[Si]1(c3ccccc3-c3ccccc31)c1cc(C)ccc1N2c1cc2c3ccccc3n3c4ccccc4c(c1)c23. The summed E-state index contributed by atoms with van der Waals surface area (Å²) < 4.78 is 2.47. The van der Waals surface area contributed by atoms with Crippen molar-refractivity contribution in [3.8, 4) is 11.1 Å². The highest BCUT2D eigenvalue weighted by Crippen LogP contribution is 2.46. The number of benzene rings is 7. The van der Waals surface area contributed by atoms with Gasteiger partial charge in [-0.2, -0.15) is 0 Å². The van der Waals surface area contributed by atoms with Gasteiger partial charge >= 0.3 is 0 Å². The zero-order chi connectivity index (χ0) is 31.0. The second kappa shape index (κ2) is 8.78. The summed E-state index contributed by atoms with van der Waals surface area (Å²) in [4.78, 5) is 2.58. The van der Waals surface area contributed by atoms with Gasteiger partial charge in [0.15, 0.2) is 8.07 Å². The predicted molar refractivity (Wildman–Crippen MR) is 201 cm³/mol. The van der Waals surface area contributed by atoms with Gasteiger partial charge in [-0.25, -0.2) is 0 Å². The Morgan fingerprint density at radius 3 is 1.43 bits per heavy atom. The van der Waals surface area contributed by atoms with Crippen LogP contribution in [-0.4, -0.2) is 12.5 Å². The standard InChI is InChI=1S/C44H30N2Si/c1-27-19-21-38-42(23-27)47(40-17-9-5-13-32(40)33-14-6-10-18-41(33)47)43-24-28(2)20-22-39(43)45(38)29-25-34-30-11-3-7-15-36(30)46-37-16-8-4-12-31(37)35(26-29)44(34)46/h3-26H,1-2H3. The summed E-state index contributed by atoms with van der Waals surface area (Å²) in [5.74, 6) is 0. The topological polar surface area (TPSA) is 7.65 Å². The molecule has 1 spiro atoms. The zero-order valence-corrected chi connectivity index (χ0v) is 27.3. The van der Waals surface area contributed by atoms with E-state index in [-0.39, 0.29) is 0 Å². The number of hydrogen-bond acceptors (Lipinski definition) is 1. The molecule has 0 bridgehead atoms. The highest BCUT2D eigenvalue weighted by molar-refractivity contribution is 7.23. The van der Waals surface area contributed by atoms with Crippen LogP contribution >= 0.6 is 0 Å². The van der Waals surface area contributed by atoms with Crippen LogP contribution in [0.4, 0.5) is 17.1 Å². The largest absolute Gasteiger partial charge is 0.311 e. The van der Waals surface area contributed by atoms with Gasteiger partial charge in [0.1, 0.15) is 0 Å². The van der Waals surface area contributed by atoms with Crippen molar-refractivity contribution in [2.75, 3.05) is 4.90 Å². The third-order valence-electron chi connectivity index (χ3n) is 11.0. The summed E-state index contributed by atoms with van der Waals surface area (Å²) in [5, 5.41) is 11.2. The molecule has 0 amide bonds. The summed E-state index contributed by atoms with van der Waals surface area (Å²) >= 11 is 0. The highest BCUT2D eigenvalue weighted by Gasteiger charge is 2.54. The van der Waals surface area contributed by atoms with E-state index < -0.39 is 8.07 Å². The molecule has 2 aliphatic heterocycles. The molecule has 47 heavy (non-hydrogen) atoms. The van der Waals surface area contributed by atoms with Gasteiger partial charge in [0.2, 0.25) is 0 Å². The van der Waals surface area contributed by atoms with Gasteiger partial charge in [0.05, 0.1) is 16.6 Å². The lowest BCUT2D eigenvalue weighted by atomic mass is 10.0. The fourth-order valence-corrected chi connectivity index (χ4v) is 14.9. The number of rotatable bonds is 1. The first-order valence-corrected chi connectivity index (χ1v) is 18.5. The number of fused-ring (bicyclic) bond motifs is 15. The molecule has 0 aliphatic carbocycles. The molecule has 7 aromatic carbocycles. The van der Waals surface area contributed by atoms with Crippen LogP contribution in [0.1, 0.15) is 11.1 Å². The molecule has 0 saturated carbocycles. The molecule has 3 heteroatoms. The molecule has 0 unspecified atom stereocenters. The van der Waals surface area contributed by atoms with Crippen LogP contribution in [0, 0.1) is 13.8 Å². The predicted octanol–water partition coefficient (Wildman–Crippen LogP) is 8.59. The smallest absolute Gasteiger partial charge is 0.185 e. The Hall–Kier alpha value is -5.64. The van der Waals surface area contributed by atoms with Gasteiger partial charge in [0.25, 0.3) is 0 Å². The Morgan fingerprint density at radius 1 is 0.426 bits per heavy atom. The molecule has 0 saturated heterocycles. The fourth-order valence-electron chi connectivity index (χ4n) is 9.22.